The Bertz CT molecular complexity index is 1110. The Morgan fingerprint density at radius 3 is 1.14 bits per heavy atom. The van der Waals surface area contributed by atoms with Gasteiger partial charge in [0.05, 0.1) is 16.1 Å². The Hall–Kier alpha value is -0.819. The first-order valence-electron chi connectivity index (χ1n) is 15.4. The van der Waals surface area contributed by atoms with Gasteiger partial charge in [0.25, 0.3) is 0 Å². The molecule has 3 rings (SSSR count). The van der Waals surface area contributed by atoms with Gasteiger partial charge in [-0.15, -0.1) is 0 Å². The molecule has 1 heterocycles. The monoisotopic (exact) mass is 678 g/mol. The molecule has 0 spiro atoms. The molecular weight excluding hydrogens is 621 g/mol. The van der Waals surface area contributed by atoms with Crippen molar-refractivity contribution in [1.82, 2.24) is 0 Å². The zero-order valence-electron chi connectivity index (χ0n) is 29.0. The lowest BCUT2D eigenvalue weighted by Gasteiger charge is -2.49. The number of rotatable bonds is 10. The van der Waals surface area contributed by atoms with Gasteiger partial charge in [-0.1, -0.05) is 72.9 Å². The van der Waals surface area contributed by atoms with Crippen molar-refractivity contribution in [3.05, 3.63) is 48.5 Å². The first-order valence-corrected chi connectivity index (χ1v) is 32.5. The van der Waals surface area contributed by atoms with Gasteiger partial charge in [0.15, 0.2) is 0 Å². The zero-order chi connectivity index (χ0) is 31.8. The van der Waals surface area contributed by atoms with E-state index >= 15 is 0 Å². The van der Waals surface area contributed by atoms with Crippen LogP contribution in [0.15, 0.2) is 48.5 Å². The second-order valence-electron chi connectivity index (χ2n) is 15.1. The van der Waals surface area contributed by atoms with E-state index in [1.807, 2.05) is 0 Å². The van der Waals surface area contributed by atoms with Crippen molar-refractivity contribution in [2.45, 2.75) is 89.6 Å². The maximum Gasteiger partial charge on any atom is 0.317 e. The highest BCUT2D eigenvalue weighted by atomic mass is 28.5. The molecular formula is C30H58N2O4Si6. The van der Waals surface area contributed by atoms with Crippen LogP contribution < -0.4 is 20.2 Å². The summed E-state index contributed by atoms with van der Waals surface area (Å²) in [6.45, 7) is 23.3. The molecule has 6 nitrogen and oxygen atoms in total. The van der Waals surface area contributed by atoms with Crippen LogP contribution in [0.2, 0.25) is 89.6 Å². The van der Waals surface area contributed by atoms with E-state index in [1.54, 1.807) is 0 Å². The van der Waals surface area contributed by atoms with Crippen LogP contribution in [-0.2, 0) is 16.5 Å². The Morgan fingerprint density at radius 1 is 0.548 bits per heavy atom. The predicted molar refractivity (Wildman–Crippen MR) is 198 cm³/mol. The van der Waals surface area contributed by atoms with Crippen molar-refractivity contribution in [3.63, 3.8) is 0 Å². The van der Waals surface area contributed by atoms with Crippen LogP contribution in [0.1, 0.15) is 0 Å². The van der Waals surface area contributed by atoms with E-state index < -0.39 is 50.4 Å². The number of nitrogens with zero attached hydrogens (tertiary/aromatic N) is 2. The molecule has 1 saturated heterocycles. The highest BCUT2D eigenvalue weighted by molar-refractivity contribution is 6.96. The molecule has 0 saturated carbocycles. The van der Waals surface area contributed by atoms with Crippen molar-refractivity contribution < 1.29 is 16.5 Å². The smallest absolute Gasteiger partial charge is 0.317 e. The topological polar surface area (TPSA) is 43.4 Å². The van der Waals surface area contributed by atoms with Crippen LogP contribution in [0.25, 0.3) is 0 Å². The van der Waals surface area contributed by atoms with Crippen LogP contribution in [0.4, 0.5) is 11.4 Å². The second-order valence-corrected chi connectivity index (χ2v) is 39.2. The Balaban J connectivity index is 1.77. The van der Waals surface area contributed by atoms with E-state index in [2.05, 4.69) is 152 Å². The van der Waals surface area contributed by atoms with Gasteiger partial charge in [0, 0.05) is 39.6 Å². The molecule has 0 amide bonds. The number of anilines is 2. The highest BCUT2D eigenvalue weighted by Gasteiger charge is 2.54. The minimum absolute atomic E-state index is 0.971. The summed E-state index contributed by atoms with van der Waals surface area (Å²) in [4.78, 5) is 4.38. The highest BCUT2D eigenvalue weighted by Crippen LogP contribution is 2.37. The summed E-state index contributed by atoms with van der Waals surface area (Å²) >= 11 is 0. The molecule has 0 unspecified atom stereocenters. The SMILES string of the molecule is CN(C)c1cccc([Si](C)(C)CC[Si]2(C)O[Si](C)(C)O[Si](C)(CC[Si](C)(C)c3cccc(N(C)C)c3)O[Si](C)(C)O2)c1. The minimum Gasteiger partial charge on any atom is -0.416 e. The predicted octanol–water partition coefficient (Wildman–Crippen LogP) is 6.98. The zero-order valence-corrected chi connectivity index (χ0v) is 35.0. The molecule has 0 aromatic heterocycles. The fraction of sp³-hybridized carbons (Fsp3) is 0.600. The van der Waals surface area contributed by atoms with Crippen molar-refractivity contribution in [1.29, 1.82) is 0 Å². The van der Waals surface area contributed by atoms with Crippen molar-refractivity contribution >= 4 is 72.1 Å². The maximum absolute atomic E-state index is 7.09. The average molecular weight is 679 g/mol. The van der Waals surface area contributed by atoms with E-state index in [0.717, 1.165) is 24.2 Å². The number of hydrogen-bond acceptors (Lipinski definition) is 6. The Labute approximate surface area is 263 Å². The van der Waals surface area contributed by atoms with Crippen LogP contribution in [0.5, 0.6) is 0 Å². The largest absolute Gasteiger partial charge is 0.416 e. The minimum atomic E-state index is -2.54. The first-order chi connectivity index (χ1) is 19.1. The lowest BCUT2D eigenvalue weighted by molar-refractivity contribution is 0.231. The van der Waals surface area contributed by atoms with Gasteiger partial charge in [0.2, 0.25) is 0 Å². The lowest BCUT2D eigenvalue weighted by atomic mass is 10.3. The summed E-state index contributed by atoms with van der Waals surface area (Å²) in [5.41, 5.74) is 2.53. The average Bonchev–Trinajstić information content (AvgIpc) is 2.84. The van der Waals surface area contributed by atoms with Gasteiger partial charge < -0.3 is 26.3 Å². The summed E-state index contributed by atoms with van der Waals surface area (Å²) < 4.78 is 28.4. The quantitative estimate of drug-likeness (QED) is 0.253. The summed E-state index contributed by atoms with van der Waals surface area (Å²) in [7, 11) is -5.03. The molecule has 1 fully saturated rings. The molecule has 0 radical (unpaired) electrons. The third kappa shape index (κ3) is 9.59. The van der Waals surface area contributed by atoms with Crippen molar-refractivity contribution in [2.75, 3.05) is 38.0 Å². The summed E-state index contributed by atoms with van der Waals surface area (Å²) in [6.07, 6.45) is 0. The first kappa shape index (κ1) is 35.7. The van der Waals surface area contributed by atoms with Crippen LogP contribution in [0.3, 0.4) is 0 Å². The van der Waals surface area contributed by atoms with Gasteiger partial charge in [-0.3, -0.25) is 0 Å². The fourth-order valence-corrected chi connectivity index (χ4v) is 38.0. The van der Waals surface area contributed by atoms with E-state index in [4.69, 9.17) is 16.5 Å². The molecule has 0 N–H and O–H groups in total. The van der Waals surface area contributed by atoms with Gasteiger partial charge in [0.1, 0.15) is 0 Å². The Kier molecular flexibility index (Phi) is 10.9. The third-order valence-electron chi connectivity index (χ3n) is 8.54. The van der Waals surface area contributed by atoms with Gasteiger partial charge in [-0.05, 0) is 75.6 Å². The van der Waals surface area contributed by atoms with Crippen molar-refractivity contribution in [3.8, 4) is 0 Å². The summed E-state index contributed by atoms with van der Waals surface area (Å²) in [5.74, 6) is 0. The maximum atomic E-state index is 7.09. The van der Waals surface area contributed by atoms with Crippen LogP contribution >= 0.6 is 0 Å². The van der Waals surface area contributed by atoms with Gasteiger partial charge in [-0.25, -0.2) is 0 Å². The molecule has 12 heteroatoms. The molecule has 1 aliphatic rings. The Morgan fingerprint density at radius 2 is 0.857 bits per heavy atom. The molecule has 1 aliphatic heterocycles. The molecule has 236 valence electrons. The molecule has 0 bridgehead atoms. The normalized spacial score (nSPS) is 24.5. The third-order valence-corrected chi connectivity index (χ3v) is 33.4. The van der Waals surface area contributed by atoms with Gasteiger partial charge >= 0.3 is 34.2 Å². The van der Waals surface area contributed by atoms with E-state index in [-0.39, 0.29) is 0 Å². The second kappa shape index (κ2) is 12.9. The standard InChI is InChI=1S/C30H58N2O4Si6/c1-31(2)27-17-15-19-29(25-27)37(5,6)21-23-41(13)33-39(9,10)35-42(14,36-40(11,12)34-41)24-22-38(7,8)30-20-16-18-28(26-30)32(3)4/h15-20,25-26H,21-24H2,1-14H3. The van der Waals surface area contributed by atoms with E-state index in [9.17, 15) is 0 Å². The van der Waals surface area contributed by atoms with Crippen molar-refractivity contribution in [2.24, 2.45) is 0 Å². The molecule has 42 heavy (non-hydrogen) atoms. The summed E-state index contributed by atoms with van der Waals surface area (Å²) in [6, 6.07) is 22.3. The molecule has 0 atom stereocenters. The number of benzene rings is 2. The van der Waals surface area contributed by atoms with Crippen LogP contribution in [-0.4, -0.2) is 78.6 Å². The molecule has 2 aromatic rings. The summed E-state index contributed by atoms with van der Waals surface area (Å²) in [5, 5.41) is 2.97. The van der Waals surface area contributed by atoms with E-state index in [0.29, 0.717) is 0 Å². The fourth-order valence-electron chi connectivity index (χ4n) is 6.15. The lowest BCUT2D eigenvalue weighted by Crippen LogP contribution is -2.66. The molecule has 0 aliphatic carbocycles. The van der Waals surface area contributed by atoms with Gasteiger partial charge in [-0.2, -0.15) is 0 Å². The van der Waals surface area contributed by atoms with E-state index in [1.165, 1.54) is 21.7 Å². The molecule has 2 aromatic carbocycles. The van der Waals surface area contributed by atoms with Crippen LogP contribution in [0, 0.1) is 0 Å². The number of hydrogen-bond donors (Lipinski definition) is 0.